The minimum Gasteiger partial charge on any atom is -0.342 e. The van der Waals surface area contributed by atoms with Gasteiger partial charge in [-0.3, -0.25) is 0 Å². The molecule has 0 fully saturated rings. The highest BCUT2D eigenvalue weighted by Gasteiger charge is 2.09. The monoisotopic (exact) mass is 251 g/mol. The third-order valence-corrected chi connectivity index (χ3v) is 3.00. The summed E-state index contributed by atoms with van der Waals surface area (Å²) < 4.78 is 13.6. The number of H-pyrrole nitrogens is 1. The Bertz CT molecular complexity index is 783. The molecule has 92 valence electrons. The van der Waals surface area contributed by atoms with Crippen molar-refractivity contribution >= 4 is 11.0 Å². The molecule has 0 aliphatic carbocycles. The van der Waals surface area contributed by atoms with Gasteiger partial charge in [0.2, 0.25) is 0 Å². The van der Waals surface area contributed by atoms with Crippen LogP contribution in [-0.4, -0.2) is 9.97 Å². The molecule has 1 heterocycles. The molecule has 0 radical (unpaired) electrons. The summed E-state index contributed by atoms with van der Waals surface area (Å²) in [5.74, 6) is 0.409. The first-order chi connectivity index (χ1) is 9.28. The molecule has 0 saturated carbocycles. The van der Waals surface area contributed by atoms with Gasteiger partial charge < -0.3 is 4.98 Å². The first kappa shape index (κ1) is 11.4. The van der Waals surface area contributed by atoms with E-state index in [-0.39, 0.29) is 5.82 Å². The summed E-state index contributed by atoms with van der Waals surface area (Å²) in [4.78, 5) is 7.49. The van der Waals surface area contributed by atoms with Crippen LogP contribution in [0.4, 0.5) is 4.39 Å². The number of nitrogens with zero attached hydrogens (tertiary/aromatic N) is 2. The fourth-order valence-electron chi connectivity index (χ4n) is 2.08. The standard InChI is InChI=1S/C15H10FN3/c16-12-6-2-1-4-10(12)8-14-18-13-7-3-5-11(9-17)15(13)19-14/h1-7H,8H2,(H,18,19). The molecule has 0 saturated heterocycles. The van der Waals surface area contributed by atoms with E-state index < -0.39 is 0 Å². The third-order valence-electron chi connectivity index (χ3n) is 3.00. The lowest BCUT2D eigenvalue weighted by molar-refractivity contribution is 0.612. The Morgan fingerprint density at radius 1 is 1.16 bits per heavy atom. The van der Waals surface area contributed by atoms with E-state index in [9.17, 15) is 4.39 Å². The van der Waals surface area contributed by atoms with Gasteiger partial charge in [0, 0.05) is 6.42 Å². The van der Waals surface area contributed by atoms with Crippen LogP contribution in [0.5, 0.6) is 0 Å². The number of nitrogens with one attached hydrogen (secondary N) is 1. The van der Waals surface area contributed by atoms with Crippen LogP contribution in [-0.2, 0) is 6.42 Å². The van der Waals surface area contributed by atoms with Crippen molar-refractivity contribution < 1.29 is 4.39 Å². The lowest BCUT2D eigenvalue weighted by Gasteiger charge is -1.99. The van der Waals surface area contributed by atoms with Gasteiger partial charge in [-0.05, 0) is 23.8 Å². The van der Waals surface area contributed by atoms with E-state index in [1.807, 2.05) is 6.07 Å². The van der Waals surface area contributed by atoms with Crippen molar-refractivity contribution in [3.05, 3.63) is 65.2 Å². The lowest BCUT2D eigenvalue weighted by Crippen LogP contribution is -1.93. The summed E-state index contributed by atoms with van der Waals surface area (Å²) in [5, 5.41) is 9.01. The molecule has 0 spiro atoms. The molecule has 4 heteroatoms. The lowest BCUT2D eigenvalue weighted by atomic mass is 10.1. The largest absolute Gasteiger partial charge is 0.342 e. The molecule has 0 atom stereocenters. The molecule has 0 aliphatic heterocycles. The first-order valence-corrected chi connectivity index (χ1v) is 5.89. The Labute approximate surface area is 109 Å². The fraction of sp³-hybridized carbons (Fsp3) is 0.0667. The van der Waals surface area contributed by atoms with Gasteiger partial charge in [-0.25, -0.2) is 9.37 Å². The van der Waals surface area contributed by atoms with Gasteiger partial charge in [0.15, 0.2) is 0 Å². The highest BCUT2D eigenvalue weighted by atomic mass is 19.1. The number of nitriles is 1. The summed E-state index contributed by atoms with van der Waals surface area (Å²) in [6, 6.07) is 14.1. The van der Waals surface area contributed by atoms with Gasteiger partial charge in [-0.1, -0.05) is 24.3 Å². The second-order valence-corrected chi connectivity index (χ2v) is 4.27. The number of halogens is 1. The van der Waals surface area contributed by atoms with Crippen LogP contribution in [0.1, 0.15) is 17.0 Å². The minimum absolute atomic E-state index is 0.247. The predicted molar refractivity (Wildman–Crippen MR) is 70.0 cm³/mol. The Morgan fingerprint density at radius 3 is 2.79 bits per heavy atom. The molecule has 2 aromatic carbocycles. The zero-order chi connectivity index (χ0) is 13.2. The van der Waals surface area contributed by atoms with Crippen molar-refractivity contribution in [1.29, 1.82) is 5.26 Å². The van der Waals surface area contributed by atoms with Gasteiger partial charge in [0.05, 0.1) is 11.1 Å². The Hall–Kier alpha value is -2.67. The number of hydrogen-bond donors (Lipinski definition) is 1. The molecular weight excluding hydrogens is 241 g/mol. The number of rotatable bonds is 2. The molecule has 1 aromatic heterocycles. The predicted octanol–water partition coefficient (Wildman–Crippen LogP) is 3.16. The maximum absolute atomic E-state index is 13.6. The smallest absolute Gasteiger partial charge is 0.126 e. The van der Waals surface area contributed by atoms with Gasteiger partial charge in [0.1, 0.15) is 23.2 Å². The Kier molecular flexibility index (Phi) is 2.73. The highest BCUT2D eigenvalue weighted by molar-refractivity contribution is 5.81. The molecule has 0 amide bonds. The average molecular weight is 251 g/mol. The third kappa shape index (κ3) is 2.06. The number of imidazole rings is 1. The number of hydrogen-bond acceptors (Lipinski definition) is 2. The van der Waals surface area contributed by atoms with Crippen LogP contribution >= 0.6 is 0 Å². The summed E-state index contributed by atoms with van der Waals surface area (Å²) in [6.45, 7) is 0. The molecular formula is C15H10FN3. The van der Waals surface area contributed by atoms with Crippen molar-refractivity contribution in [3.63, 3.8) is 0 Å². The first-order valence-electron chi connectivity index (χ1n) is 5.89. The zero-order valence-electron chi connectivity index (χ0n) is 10.0. The summed E-state index contributed by atoms with van der Waals surface area (Å²) in [7, 11) is 0. The fourth-order valence-corrected chi connectivity index (χ4v) is 2.08. The van der Waals surface area contributed by atoms with Gasteiger partial charge >= 0.3 is 0 Å². The topological polar surface area (TPSA) is 52.5 Å². The van der Waals surface area contributed by atoms with E-state index in [2.05, 4.69) is 16.0 Å². The molecule has 1 N–H and O–H groups in total. The van der Waals surface area contributed by atoms with E-state index in [1.165, 1.54) is 6.07 Å². The van der Waals surface area contributed by atoms with Crippen LogP contribution in [0, 0.1) is 17.1 Å². The van der Waals surface area contributed by atoms with Crippen molar-refractivity contribution in [2.75, 3.05) is 0 Å². The maximum Gasteiger partial charge on any atom is 0.126 e. The van der Waals surface area contributed by atoms with Crippen molar-refractivity contribution in [3.8, 4) is 6.07 Å². The molecule has 0 bridgehead atoms. The van der Waals surface area contributed by atoms with Crippen molar-refractivity contribution in [1.82, 2.24) is 9.97 Å². The molecule has 3 aromatic rings. The van der Waals surface area contributed by atoms with Gasteiger partial charge in [-0.2, -0.15) is 5.26 Å². The van der Waals surface area contributed by atoms with Crippen LogP contribution in [0.25, 0.3) is 11.0 Å². The van der Waals surface area contributed by atoms with Gasteiger partial charge in [-0.15, -0.1) is 0 Å². The molecule has 3 rings (SSSR count). The Balaban J connectivity index is 2.03. The van der Waals surface area contributed by atoms with E-state index in [0.29, 0.717) is 28.9 Å². The van der Waals surface area contributed by atoms with Crippen LogP contribution < -0.4 is 0 Å². The van der Waals surface area contributed by atoms with Gasteiger partial charge in [0.25, 0.3) is 0 Å². The van der Waals surface area contributed by atoms with E-state index >= 15 is 0 Å². The highest BCUT2D eigenvalue weighted by Crippen LogP contribution is 2.18. The van der Waals surface area contributed by atoms with Crippen molar-refractivity contribution in [2.45, 2.75) is 6.42 Å². The SMILES string of the molecule is N#Cc1cccc2[nH]c(Cc3ccccc3F)nc12. The summed E-state index contributed by atoms with van der Waals surface area (Å²) in [5.41, 5.74) is 2.54. The quantitative estimate of drug-likeness (QED) is 0.760. The summed E-state index contributed by atoms with van der Waals surface area (Å²) in [6.07, 6.45) is 0.381. The van der Waals surface area contributed by atoms with E-state index in [1.54, 1.807) is 30.3 Å². The van der Waals surface area contributed by atoms with Crippen LogP contribution in [0.3, 0.4) is 0 Å². The molecule has 3 nitrogen and oxygen atoms in total. The van der Waals surface area contributed by atoms with E-state index in [4.69, 9.17) is 5.26 Å². The molecule has 0 aliphatic rings. The second-order valence-electron chi connectivity index (χ2n) is 4.27. The number of benzene rings is 2. The second kappa shape index (κ2) is 4.54. The molecule has 19 heavy (non-hydrogen) atoms. The molecule has 0 unspecified atom stereocenters. The van der Waals surface area contributed by atoms with Crippen LogP contribution in [0.15, 0.2) is 42.5 Å². The zero-order valence-corrected chi connectivity index (χ0v) is 10.0. The maximum atomic E-state index is 13.6. The summed E-state index contributed by atoms with van der Waals surface area (Å²) >= 11 is 0. The number of para-hydroxylation sites is 1. The average Bonchev–Trinajstić information content (AvgIpc) is 2.83. The number of aromatic amines is 1. The number of aromatic nitrogens is 2. The Morgan fingerprint density at radius 2 is 2.00 bits per heavy atom. The number of fused-ring (bicyclic) bond motifs is 1. The van der Waals surface area contributed by atoms with Crippen LogP contribution in [0.2, 0.25) is 0 Å². The minimum atomic E-state index is -0.247. The van der Waals surface area contributed by atoms with E-state index in [0.717, 1.165) is 5.52 Å². The normalized spacial score (nSPS) is 10.5. The van der Waals surface area contributed by atoms with Crippen molar-refractivity contribution in [2.24, 2.45) is 0 Å².